The van der Waals surface area contributed by atoms with Gasteiger partial charge < -0.3 is 14.8 Å². The normalized spacial score (nSPS) is 10.3. The maximum atomic E-state index is 12.2. The van der Waals surface area contributed by atoms with Gasteiger partial charge in [0.2, 0.25) is 0 Å². The molecule has 0 unspecified atom stereocenters. The molecule has 2 rings (SSSR count). The molecule has 6 nitrogen and oxygen atoms in total. The predicted molar refractivity (Wildman–Crippen MR) is 106 cm³/mol. The zero-order valence-electron chi connectivity index (χ0n) is 16.6. The predicted octanol–water partition coefficient (Wildman–Crippen LogP) is 3.38. The number of esters is 1. The topological polar surface area (TPSA) is 81.7 Å². The van der Waals surface area contributed by atoms with Crippen LogP contribution in [0.3, 0.4) is 0 Å². The molecule has 1 N–H and O–H groups in total. The minimum Gasteiger partial charge on any atom is -0.493 e. The molecule has 0 fully saturated rings. The number of hydrogen-bond donors (Lipinski definition) is 1. The van der Waals surface area contributed by atoms with Gasteiger partial charge in [0, 0.05) is 16.7 Å². The molecular formula is C22H25NO5. The monoisotopic (exact) mass is 383 g/mol. The van der Waals surface area contributed by atoms with E-state index >= 15 is 0 Å². The Morgan fingerprint density at radius 2 is 1.68 bits per heavy atom. The van der Waals surface area contributed by atoms with E-state index < -0.39 is 5.97 Å². The minimum absolute atomic E-state index is 0.0468. The smallest absolute Gasteiger partial charge is 0.325 e. The summed E-state index contributed by atoms with van der Waals surface area (Å²) in [5, 5.41) is 2.55. The Labute approximate surface area is 164 Å². The third kappa shape index (κ3) is 5.67. The van der Waals surface area contributed by atoms with Gasteiger partial charge in [-0.25, -0.2) is 0 Å². The number of ether oxygens (including phenoxy) is 2. The van der Waals surface area contributed by atoms with E-state index in [1.807, 2.05) is 26.8 Å². The largest absolute Gasteiger partial charge is 0.493 e. The highest BCUT2D eigenvalue weighted by Gasteiger charge is 2.13. The molecule has 0 bridgehead atoms. The summed E-state index contributed by atoms with van der Waals surface area (Å²) in [6.45, 7) is 7.35. The molecule has 0 atom stereocenters. The van der Waals surface area contributed by atoms with Crippen LogP contribution in [0.25, 0.3) is 0 Å². The lowest BCUT2D eigenvalue weighted by Gasteiger charge is -2.12. The SMILES string of the molecule is CCOc1ccc(C(C)=O)cc1COC(=O)CNC(=O)c1ccc(C)c(C)c1. The van der Waals surface area contributed by atoms with Gasteiger partial charge in [0.1, 0.15) is 18.9 Å². The van der Waals surface area contributed by atoms with Crippen LogP contribution in [-0.2, 0) is 16.1 Å². The van der Waals surface area contributed by atoms with E-state index in [0.717, 1.165) is 11.1 Å². The van der Waals surface area contributed by atoms with Crippen LogP contribution in [0.2, 0.25) is 0 Å². The summed E-state index contributed by atoms with van der Waals surface area (Å²) in [5.41, 5.74) is 3.70. The minimum atomic E-state index is -0.576. The zero-order chi connectivity index (χ0) is 20.7. The average molecular weight is 383 g/mol. The second kappa shape index (κ2) is 9.69. The van der Waals surface area contributed by atoms with Crippen molar-refractivity contribution in [2.45, 2.75) is 34.3 Å². The van der Waals surface area contributed by atoms with Crippen LogP contribution in [0.15, 0.2) is 36.4 Å². The van der Waals surface area contributed by atoms with Crippen LogP contribution in [0.1, 0.15) is 51.3 Å². The number of ketones is 1. The molecule has 148 valence electrons. The summed E-state index contributed by atoms with van der Waals surface area (Å²) in [6.07, 6.45) is 0. The Bertz CT molecular complexity index is 888. The van der Waals surface area contributed by atoms with Crippen LogP contribution >= 0.6 is 0 Å². The second-order valence-corrected chi connectivity index (χ2v) is 6.45. The number of carbonyl (C=O) groups is 3. The standard InChI is InChI=1S/C22H25NO5/c1-5-27-20-9-8-17(16(4)24)11-19(20)13-28-21(25)12-23-22(26)18-7-6-14(2)15(3)10-18/h6-11H,5,12-13H2,1-4H3,(H,23,26). The van der Waals surface area contributed by atoms with Gasteiger partial charge >= 0.3 is 5.97 Å². The fourth-order valence-corrected chi connectivity index (χ4v) is 2.55. The Kier molecular flexibility index (Phi) is 7.32. The molecule has 0 heterocycles. The molecule has 0 aliphatic heterocycles. The molecule has 0 aliphatic carbocycles. The molecule has 2 aromatic carbocycles. The third-order valence-corrected chi connectivity index (χ3v) is 4.32. The highest BCUT2D eigenvalue weighted by molar-refractivity contribution is 5.96. The number of aryl methyl sites for hydroxylation is 2. The second-order valence-electron chi connectivity index (χ2n) is 6.45. The lowest BCUT2D eigenvalue weighted by atomic mass is 10.1. The van der Waals surface area contributed by atoms with E-state index in [4.69, 9.17) is 9.47 Å². The van der Waals surface area contributed by atoms with Gasteiger partial charge in [-0.15, -0.1) is 0 Å². The maximum Gasteiger partial charge on any atom is 0.325 e. The van der Waals surface area contributed by atoms with Crippen molar-refractivity contribution in [1.82, 2.24) is 5.32 Å². The highest BCUT2D eigenvalue weighted by atomic mass is 16.5. The van der Waals surface area contributed by atoms with E-state index in [9.17, 15) is 14.4 Å². The summed E-state index contributed by atoms with van der Waals surface area (Å²) in [5.74, 6) is -0.447. The molecular weight excluding hydrogens is 358 g/mol. The summed E-state index contributed by atoms with van der Waals surface area (Å²) < 4.78 is 10.7. The fraction of sp³-hybridized carbons (Fsp3) is 0.318. The number of rotatable bonds is 8. The molecule has 0 spiro atoms. The molecule has 0 radical (unpaired) electrons. The summed E-state index contributed by atoms with van der Waals surface area (Å²) >= 11 is 0. The number of Topliss-reactive ketones (excluding diaryl/α,β-unsaturated/α-hetero) is 1. The summed E-state index contributed by atoms with van der Waals surface area (Å²) in [7, 11) is 0. The summed E-state index contributed by atoms with van der Waals surface area (Å²) in [6, 6.07) is 10.4. The number of amides is 1. The van der Waals surface area contributed by atoms with Gasteiger partial charge in [-0.05, 0) is 69.2 Å². The van der Waals surface area contributed by atoms with Crippen molar-refractivity contribution in [3.8, 4) is 5.75 Å². The Morgan fingerprint density at radius 1 is 0.964 bits per heavy atom. The van der Waals surface area contributed by atoms with Crippen LogP contribution in [0, 0.1) is 13.8 Å². The van der Waals surface area contributed by atoms with Crippen molar-refractivity contribution in [3.63, 3.8) is 0 Å². The van der Waals surface area contributed by atoms with Gasteiger partial charge in [0.25, 0.3) is 5.91 Å². The van der Waals surface area contributed by atoms with Crippen LogP contribution in [0.4, 0.5) is 0 Å². The van der Waals surface area contributed by atoms with Crippen molar-refractivity contribution in [2.75, 3.05) is 13.2 Å². The maximum absolute atomic E-state index is 12.2. The van der Waals surface area contributed by atoms with Crippen molar-refractivity contribution in [1.29, 1.82) is 0 Å². The van der Waals surface area contributed by atoms with Gasteiger partial charge in [0.05, 0.1) is 6.61 Å². The van der Waals surface area contributed by atoms with Crippen LogP contribution in [0.5, 0.6) is 5.75 Å². The lowest BCUT2D eigenvalue weighted by Crippen LogP contribution is -2.30. The number of benzene rings is 2. The number of carbonyl (C=O) groups excluding carboxylic acids is 3. The molecule has 0 aliphatic rings. The first-order chi connectivity index (χ1) is 13.3. The first-order valence-corrected chi connectivity index (χ1v) is 9.09. The van der Waals surface area contributed by atoms with Gasteiger partial charge in [-0.3, -0.25) is 14.4 Å². The molecule has 28 heavy (non-hydrogen) atoms. The first kappa shape index (κ1) is 21.2. The summed E-state index contributed by atoms with van der Waals surface area (Å²) in [4.78, 5) is 35.8. The first-order valence-electron chi connectivity index (χ1n) is 9.09. The van der Waals surface area contributed by atoms with Gasteiger partial charge in [0.15, 0.2) is 5.78 Å². The van der Waals surface area contributed by atoms with Crippen molar-refractivity contribution in [2.24, 2.45) is 0 Å². The fourth-order valence-electron chi connectivity index (χ4n) is 2.55. The van der Waals surface area contributed by atoms with E-state index in [-0.39, 0.29) is 24.8 Å². The van der Waals surface area contributed by atoms with Crippen molar-refractivity contribution < 1.29 is 23.9 Å². The van der Waals surface area contributed by atoms with E-state index in [2.05, 4.69) is 5.32 Å². The molecule has 0 aromatic heterocycles. The molecule has 1 amide bonds. The van der Waals surface area contributed by atoms with Crippen molar-refractivity contribution in [3.05, 3.63) is 64.2 Å². The molecule has 0 saturated carbocycles. The van der Waals surface area contributed by atoms with Crippen molar-refractivity contribution >= 4 is 17.7 Å². The zero-order valence-corrected chi connectivity index (χ0v) is 16.6. The number of nitrogens with one attached hydrogen (secondary N) is 1. The van der Waals surface area contributed by atoms with E-state index in [1.54, 1.807) is 30.3 Å². The van der Waals surface area contributed by atoms with E-state index in [0.29, 0.717) is 29.0 Å². The molecule has 6 heteroatoms. The quantitative estimate of drug-likeness (QED) is 0.558. The Morgan fingerprint density at radius 3 is 2.32 bits per heavy atom. The third-order valence-electron chi connectivity index (χ3n) is 4.32. The Hall–Kier alpha value is -3.15. The van der Waals surface area contributed by atoms with Gasteiger partial charge in [-0.1, -0.05) is 6.07 Å². The van der Waals surface area contributed by atoms with Crippen LogP contribution < -0.4 is 10.1 Å². The Balaban J connectivity index is 1.94. The van der Waals surface area contributed by atoms with Crippen LogP contribution in [-0.4, -0.2) is 30.8 Å². The van der Waals surface area contributed by atoms with E-state index in [1.165, 1.54) is 6.92 Å². The van der Waals surface area contributed by atoms with Gasteiger partial charge in [-0.2, -0.15) is 0 Å². The highest BCUT2D eigenvalue weighted by Crippen LogP contribution is 2.21. The average Bonchev–Trinajstić information content (AvgIpc) is 2.67. The lowest BCUT2D eigenvalue weighted by molar-refractivity contribution is -0.143. The molecule has 2 aromatic rings. The molecule has 0 saturated heterocycles. The number of hydrogen-bond acceptors (Lipinski definition) is 5.